The van der Waals surface area contributed by atoms with E-state index < -0.39 is 42.1 Å². The number of unbranched alkanes of at least 4 members (excludes halogenated alkanes) is 2. The molecule has 17 nitrogen and oxygen atoms in total. The number of anilines is 1. The van der Waals surface area contributed by atoms with E-state index in [2.05, 4.69) is 18.0 Å². The number of aliphatic hydroxyl groups excluding tert-OH is 2. The normalized spacial score (nSPS) is 24.9. The Balaban J connectivity index is 1.28. The Labute approximate surface area is 396 Å². The minimum atomic E-state index is -1.57. The average molecular weight is 942 g/mol. The number of hydrogen-bond acceptors (Lipinski definition) is 15. The van der Waals surface area contributed by atoms with E-state index >= 15 is 0 Å². The molecule has 7 unspecified atom stereocenters. The van der Waals surface area contributed by atoms with Crippen LogP contribution < -0.4 is 33.7 Å². The maximum Gasteiger partial charge on any atom is 0.417 e. The van der Waals surface area contributed by atoms with Crippen LogP contribution in [-0.2, 0) is 25.6 Å². The summed E-state index contributed by atoms with van der Waals surface area (Å²) in [7, 11) is 4.39. The third kappa shape index (κ3) is 10.4. The number of amides is 2. The van der Waals surface area contributed by atoms with Gasteiger partial charge in [-0.2, -0.15) is 0 Å². The van der Waals surface area contributed by atoms with Gasteiger partial charge in [0.15, 0.2) is 11.5 Å². The summed E-state index contributed by atoms with van der Waals surface area (Å²) in [5.41, 5.74) is 3.35. The number of aliphatic hydroxyl groups is 2. The number of oxime groups is 1. The van der Waals surface area contributed by atoms with Gasteiger partial charge >= 0.3 is 12.2 Å². The molecule has 0 spiro atoms. The van der Waals surface area contributed by atoms with Crippen molar-refractivity contribution >= 4 is 23.6 Å². The Morgan fingerprint density at radius 2 is 1.72 bits per heavy atom. The van der Waals surface area contributed by atoms with Gasteiger partial charge in [-0.05, 0) is 104 Å². The summed E-state index contributed by atoms with van der Waals surface area (Å²) in [4.78, 5) is 36.0. The molecule has 2 fully saturated rings. The second-order valence-electron chi connectivity index (χ2n) is 17.5. The van der Waals surface area contributed by atoms with Crippen molar-refractivity contribution in [2.24, 2.45) is 22.9 Å². The molecule has 0 radical (unpaired) electrons. The van der Waals surface area contributed by atoms with Crippen LogP contribution in [0.5, 0.6) is 34.5 Å². The van der Waals surface area contributed by atoms with Crippen LogP contribution in [0.1, 0.15) is 81.3 Å². The SMILES string of the molecule is C=CCOC12Oc3ccc(OC(=O)Nc4ccc(OC)cc4OC)cc3C3C(CCCCO)C(CCCCO)C=C(C(=NOC4CCCCO4)CC1N(Cc1ccc4c(c1)OCO4)C(=O)OC)C32. The molecule has 2 aliphatic carbocycles. The Kier molecular flexibility index (Phi) is 16.0. The van der Waals surface area contributed by atoms with Gasteiger partial charge in [0.2, 0.25) is 18.9 Å². The predicted octanol–water partition coefficient (Wildman–Crippen LogP) is 8.47. The molecule has 17 heteroatoms. The van der Waals surface area contributed by atoms with E-state index in [1.165, 1.54) is 14.2 Å². The van der Waals surface area contributed by atoms with E-state index in [0.717, 1.165) is 42.4 Å². The molecule has 3 N–H and O–H groups in total. The zero-order valence-corrected chi connectivity index (χ0v) is 39.0. The molecule has 5 aliphatic rings. The van der Waals surface area contributed by atoms with Crippen LogP contribution in [0.2, 0.25) is 0 Å². The molecule has 3 aromatic rings. The highest BCUT2D eigenvalue weighted by atomic mass is 16.8. The van der Waals surface area contributed by atoms with E-state index in [-0.39, 0.29) is 57.2 Å². The largest absolute Gasteiger partial charge is 0.497 e. The lowest BCUT2D eigenvalue weighted by Gasteiger charge is -2.59. The average Bonchev–Trinajstić information content (AvgIpc) is 3.84. The van der Waals surface area contributed by atoms with Crippen LogP contribution in [0, 0.1) is 17.8 Å². The summed E-state index contributed by atoms with van der Waals surface area (Å²) in [5.74, 6) is 0.139. The highest BCUT2D eigenvalue weighted by Gasteiger charge is 2.66. The number of allylic oxidation sites excluding steroid dienone is 1. The molecule has 0 bridgehead atoms. The third-order valence-electron chi connectivity index (χ3n) is 13.5. The van der Waals surface area contributed by atoms with Gasteiger partial charge in [0.25, 0.3) is 0 Å². The van der Waals surface area contributed by atoms with Crippen molar-refractivity contribution in [3.8, 4) is 34.5 Å². The van der Waals surface area contributed by atoms with Gasteiger partial charge in [-0.1, -0.05) is 36.2 Å². The van der Waals surface area contributed by atoms with E-state index in [1.54, 1.807) is 48.4 Å². The van der Waals surface area contributed by atoms with Crippen molar-refractivity contribution in [2.45, 2.75) is 94.8 Å². The Morgan fingerprint density at radius 3 is 2.47 bits per heavy atom. The van der Waals surface area contributed by atoms with Gasteiger partial charge in [0.1, 0.15) is 29.0 Å². The van der Waals surface area contributed by atoms with Gasteiger partial charge < -0.3 is 57.7 Å². The van der Waals surface area contributed by atoms with Gasteiger partial charge in [0.05, 0.1) is 51.9 Å². The maximum absolute atomic E-state index is 14.4. The van der Waals surface area contributed by atoms with Crippen LogP contribution in [0.3, 0.4) is 0 Å². The molecule has 366 valence electrons. The van der Waals surface area contributed by atoms with Gasteiger partial charge in [-0.3, -0.25) is 10.2 Å². The fourth-order valence-corrected chi connectivity index (χ4v) is 10.4. The summed E-state index contributed by atoms with van der Waals surface area (Å²) < 4.78 is 54.2. The molecule has 2 amide bonds. The van der Waals surface area contributed by atoms with Crippen molar-refractivity contribution in [2.75, 3.05) is 59.9 Å². The summed E-state index contributed by atoms with van der Waals surface area (Å²) in [6, 6.07) is 15.0. The fourth-order valence-electron chi connectivity index (χ4n) is 10.4. The number of rotatable bonds is 20. The first-order valence-corrected chi connectivity index (χ1v) is 23.5. The zero-order valence-electron chi connectivity index (χ0n) is 39.0. The highest BCUT2D eigenvalue weighted by molar-refractivity contribution is 6.03. The first-order chi connectivity index (χ1) is 33.2. The molecule has 3 heterocycles. The van der Waals surface area contributed by atoms with Crippen LogP contribution in [0.25, 0.3) is 0 Å². The summed E-state index contributed by atoms with van der Waals surface area (Å²) in [6.07, 6.45) is 8.80. The second-order valence-corrected chi connectivity index (χ2v) is 17.5. The number of hydrogen-bond donors (Lipinski definition) is 3. The standard InChI is InChI=1S/C51H63N3O14/c1-5-23-65-51-45(54(50(58)61-4)30-32-15-19-42-44(25-32)64-31-63-42)29-40(53-68-46-14-8-11-24-62-46)37-26-33(12-6-9-21-55)36(13-7-10-22-56)47(48(37)51)38-27-35(17-20-41(38)67-51)66-49(57)52-39-18-16-34(59-2)28-43(39)60-3/h5,15-20,25-28,33,36,45-48,55-56H,1,6-14,21-24,29-31H2,2-4H3,(H,52,57). The number of benzene rings is 3. The van der Waals surface area contributed by atoms with Crippen LogP contribution >= 0.6 is 0 Å². The van der Waals surface area contributed by atoms with Crippen LogP contribution in [0.4, 0.5) is 15.3 Å². The lowest BCUT2D eigenvalue weighted by molar-refractivity contribution is -0.256. The number of carbonyl (C=O) groups excluding carboxylic acids is 2. The molecule has 3 aliphatic heterocycles. The monoisotopic (exact) mass is 941 g/mol. The zero-order chi connectivity index (χ0) is 47.6. The second kappa shape index (κ2) is 22.4. The summed E-state index contributed by atoms with van der Waals surface area (Å²) in [6.45, 7) is 4.89. The van der Waals surface area contributed by atoms with Gasteiger partial charge in [-0.25, -0.2) is 9.59 Å². The van der Waals surface area contributed by atoms with Crippen molar-refractivity contribution in [3.63, 3.8) is 0 Å². The first kappa shape index (κ1) is 48.4. The number of ether oxygens (including phenoxy) is 9. The molecular formula is C51H63N3O14. The number of carbonyl (C=O) groups is 2. The smallest absolute Gasteiger partial charge is 0.417 e. The molecular weight excluding hydrogens is 879 g/mol. The summed E-state index contributed by atoms with van der Waals surface area (Å²) in [5, 5.41) is 27.7. The first-order valence-electron chi connectivity index (χ1n) is 23.5. The number of nitrogens with one attached hydrogen (secondary N) is 1. The van der Waals surface area contributed by atoms with Crippen molar-refractivity contribution in [3.05, 3.63) is 90.0 Å². The minimum Gasteiger partial charge on any atom is -0.497 e. The van der Waals surface area contributed by atoms with E-state index in [9.17, 15) is 19.8 Å². The predicted molar refractivity (Wildman–Crippen MR) is 249 cm³/mol. The quantitative estimate of drug-likeness (QED) is 0.0555. The number of fused-ring (bicyclic) bond motifs is 3. The number of methoxy groups -OCH3 is 3. The lowest BCUT2D eigenvalue weighted by atomic mass is 9.55. The Bertz CT molecular complexity index is 2310. The fraction of sp³-hybridized carbons (Fsp3) is 0.510. The number of nitrogens with zero attached hydrogens (tertiary/aromatic N) is 2. The lowest BCUT2D eigenvalue weighted by Crippen LogP contribution is -2.70. The summed E-state index contributed by atoms with van der Waals surface area (Å²) >= 11 is 0. The molecule has 1 saturated heterocycles. The molecule has 1 saturated carbocycles. The van der Waals surface area contributed by atoms with E-state index in [0.29, 0.717) is 78.9 Å². The molecule has 3 aromatic carbocycles. The van der Waals surface area contributed by atoms with Crippen molar-refractivity contribution in [1.82, 2.24) is 4.90 Å². The van der Waals surface area contributed by atoms with Crippen LogP contribution in [-0.4, -0.2) is 106 Å². The van der Waals surface area contributed by atoms with Crippen LogP contribution in [0.15, 0.2) is 84.1 Å². The third-order valence-corrected chi connectivity index (χ3v) is 13.5. The van der Waals surface area contributed by atoms with E-state index in [1.807, 2.05) is 24.3 Å². The Morgan fingerprint density at radius 1 is 0.926 bits per heavy atom. The van der Waals surface area contributed by atoms with Gasteiger partial charge in [0, 0.05) is 50.1 Å². The Hall–Kier alpha value is -6.01. The molecule has 7 atom stereocenters. The topological polar surface area (TPSA) is 195 Å². The minimum absolute atomic E-state index is 0.0304. The van der Waals surface area contributed by atoms with Gasteiger partial charge in [-0.15, -0.1) is 6.58 Å². The highest BCUT2D eigenvalue weighted by Crippen LogP contribution is 2.62. The molecule has 68 heavy (non-hydrogen) atoms. The maximum atomic E-state index is 14.4. The molecule has 8 rings (SSSR count). The van der Waals surface area contributed by atoms with E-state index in [4.69, 9.17) is 52.6 Å². The van der Waals surface area contributed by atoms with Crippen molar-refractivity contribution < 1.29 is 67.3 Å². The molecule has 0 aromatic heterocycles. The van der Waals surface area contributed by atoms with Crippen molar-refractivity contribution in [1.29, 1.82) is 0 Å².